The lowest BCUT2D eigenvalue weighted by Gasteiger charge is -2.37. The number of nitrogens with one attached hydrogen (secondary N) is 1. The topological polar surface area (TPSA) is 89.5 Å². The van der Waals surface area contributed by atoms with E-state index >= 15 is 0 Å². The third kappa shape index (κ3) is 4.51. The first kappa shape index (κ1) is 20.8. The minimum absolute atomic E-state index is 0.0517. The zero-order chi connectivity index (χ0) is 22.0. The second-order valence-electron chi connectivity index (χ2n) is 8.25. The largest absolute Gasteiger partial charge is 0.381 e. The van der Waals surface area contributed by atoms with Crippen LogP contribution in [0.1, 0.15) is 35.5 Å². The average molecular weight is 418 g/mol. The number of carbonyl (C=O) groups is 2. The van der Waals surface area contributed by atoms with Gasteiger partial charge < -0.3 is 14.9 Å². The predicted molar refractivity (Wildman–Crippen MR) is 120 cm³/mol. The van der Waals surface area contributed by atoms with Crippen molar-refractivity contribution in [2.45, 2.75) is 19.4 Å². The van der Waals surface area contributed by atoms with Gasteiger partial charge in [-0.05, 0) is 43.7 Å². The van der Waals surface area contributed by atoms with Crippen LogP contribution in [0.25, 0.3) is 23.1 Å². The number of benzene rings is 2. The van der Waals surface area contributed by atoms with Crippen molar-refractivity contribution in [1.82, 2.24) is 20.0 Å². The lowest BCUT2D eigenvalue weighted by atomic mass is 10.1. The molecule has 1 saturated heterocycles. The number of piperazine rings is 1. The number of amides is 2. The van der Waals surface area contributed by atoms with Gasteiger partial charge in [0.05, 0.1) is 11.2 Å². The molecule has 2 aromatic carbocycles. The molecular formula is C24H26N4O3. The summed E-state index contributed by atoms with van der Waals surface area (Å²) in [6, 6.07) is 15.4. The van der Waals surface area contributed by atoms with Gasteiger partial charge >= 0.3 is 0 Å². The molecule has 1 aromatic heterocycles. The van der Waals surface area contributed by atoms with E-state index in [4.69, 9.17) is 0 Å². The number of H-pyrrole nitrogens is 1. The van der Waals surface area contributed by atoms with E-state index < -0.39 is 5.60 Å². The number of para-hydroxylation sites is 1. The van der Waals surface area contributed by atoms with E-state index in [1.54, 1.807) is 9.80 Å². The van der Waals surface area contributed by atoms with Gasteiger partial charge in [0.15, 0.2) is 0 Å². The molecule has 2 amide bonds. The Balaban J connectivity index is 1.38. The summed E-state index contributed by atoms with van der Waals surface area (Å²) in [5.74, 6) is -0.357. The van der Waals surface area contributed by atoms with Gasteiger partial charge in [0, 0.05) is 37.1 Å². The maximum Gasteiger partial charge on any atom is 0.254 e. The van der Waals surface area contributed by atoms with Gasteiger partial charge in [-0.15, -0.1) is 0 Å². The van der Waals surface area contributed by atoms with Crippen molar-refractivity contribution in [1.29, 1.82) is 0 Å². The summed E-state index contributed by atoms with van der Waals surface area (Å²) in [4.78, 5) is 28.4. The quantitative estimate of drug-likeness (QED) is 0.682. The highest BCUT2D eigenvalue weighted by molar-refractivity contribution is 5.95. The lowest BCUT2D eigenvalue weighted by Crippen LogP contribution is -2.55. The zero-order valence-electron chi connectivity index (χ0n) is 17.7. The van der Waals surface area contributed by atoms with Crippen LogP contribution < -0.4 is 0 Å². The Hall–Kier alpha value is -3.45. The number of carbonyl (C=O) groups excluding carboxylic acids is 2. The highest BCUT2D eigenvalue weighted by atomic mass is 16.3. The van der Waals surface area contributed by atoms with Crippen LogP contribution in [0.5, 0.6) is 0 Å². The first-order chi connectivity index (χ1) is 14.8. The molecule has 0 unspecified atom stereocenters. The van der Waals surface area contributed by atoms with Gasteiger partial charge in [0.2, 0.25) is 0 Å². The van der Waals surface area contributed by atoms with Gasteiger partial charge in [-0.25, -0.2) is 0 Å². The van der Waals surface area contributed by atoms with Crippen molar-refractivity contribution in [3.63, 3.8) is 0 Å². The molecule has 0 bridgehead atoms. The highest BCUT2D eigenvalue weighted by Crippen LogP contribution is 2.18. The Morgan fingerprint density at radius 3 is 2.29 bits per heavy atom. The molecule has 0 aliphatic carbocycles. The maximum atomic E-state index is 12.8. The van der Waals surface area contributed by atoms with E-state index in [2.05, 4.69) is 10.2 Å². The van der Waals surface area contributed by atoms with E-state index in [0.29, 0.717) is 31.7 Å². The van der Waals surface area contributed by atoms with Crippen molar-refractivity contribution in [2.24, 2.45) is 0 Å². The summed E-state index contributed by atoms with van der Waals surface area (Å²) in [5.41, 5.74) is 2.06. The molecule has 3 aromatic rings. The number of aromatic amines is 1. The smallest absolute Gasteiger partial charge is 0.254 e. The van der Waals surface area contributed by atoms with E-state index in [0.717, 1.165) is 22.2 Å². The Kier molecular flexibility index (Phi) is 5.61. The number of hydrogen-bond acceptors (Lipinski definition) is 4. The first-order valence-electron chi connectivity index (χ1n) is 10.4. The SMILES string of the molecule is CC(C)(O)C(=O)N1CCN(C(=O)c2ccc(C=Cc3n[nH]c4ccccc34)cc2)CC1. The molecule has 1 aliphatic rings. The minimum Gasteiger partial charge on any atom is -0.381 e. The Labute approximate surface area is 181 Å². The maximum absolute atomic E-state index is 12.8. The van der Waals surface area contributed by atoms with E-state index in [1.807, 2.05) is 60.7 Å². The summed E-state index contributed by atoms with van der Waals surface area (Å²) >= 11 is 0. The second-order valence-corrected chi connectivity index (χ2v) is 8.25. The summed E-state index contributed by atoms with van der Waals surface area (Å²) in [7, 11) is 0. The standard InChI is InChI=1S/C24H26N4O3/c1-24(2,31)23(30)28-15-13-27(14-16-28)22(29)18-10-7-17(8-11-18)9-12-21-19-5-3-4-6-20(19)25-26-21/h3-12,31H,13-16H2,1-2H3,(H,25,26). The van der Waals surface area contributed by atoms with Crippen LogP contribution in [0.3, 0.4) is 0 Å². The van der Waals surface area contributed by atoms with Crippen LogP contribution in [0.4, 0.5) is 0 Å². The molecule has 160 valence electrons. The molecule has 2 heterocycles. The Morgan fingerprint density at radius 1 is 0.968 bits per heavy atom. The Morgan fingerprint density at radius 2 is 1.61 bits per heavy atom. The second kappa shape index (κ2) is 8.35. The monoisotopic (exact) mass is 418 g/mol. The number of fused-ring (bicyclic) bond motifs is 1. The van der Waals surface area contributed by atoms with Gasteiger partial charge in [-0.1, -0.05) is 36.4 Å². The van der Waals surface area contributed by atoms with Crippen LogP contribution in [0.2, 0.25) is 0 Å². The fraction of sp³-hybridized carbons (Fsp3) is 0.292. The fourth-order valence-electron chi connectivity index (χ4n) is 3.71. The predicted octanol–water partition coefficient (Wildman–Crippen LogP) is 2.79. The fourth-order valence-corrected chi connectivity index (χ4v) is 3.71. The van der Waals surface area contributed by atoms with Crippen molar-refractivity contribution < 1.29 is 14.7 Å². The summed E-state index contributed by atoms with van der Waals surface area (Å²) in [5, 5.41) is 18.3. The van der Waals surface area contributed by atoms with Gasteiger partial charge in [-0.3, -0.25) is 14.7 Å². The molecule has 7 heteroatoms. The molecule has 31 heavy (non-hydrogen) atoms. The van der Waals surface area contributed by atoms with Crippen molar-refractivity contribution in [3.8, 4) is 0 Å². The molecule has 0 radical (unpaired) electrons. The molecular weight excluding hydrogens is 392 g/mol. The third-order valence-corrected chi connectivity index (χ3v) is 5.47. The number of nitrogens with zero attached hydrogens (tertiary/aromatic N) is 3. The third-order valence-electron chi connectivity index (χ3n) is 5.47. The van der Waals surface area contributed by atoms with E-state index in [1.165, 1.54) is 13.8 Å². The van der Waals surface area contributed by atoms with Crippen molar-refractivity contribution in [2.75, 3.05) is 26.2 Å². The number of aliphatic hydroxyl groups is 1. The summed E-state index contributed by atoms with van der Waals surface area (Å²) in [6.45, 7) is 4.72. The lowest BCUT2D eigenvalue weighted by molar-refractivity contribution is -0.149. The van der Waals surface area contributed by atoms with Crippen LogP contribution >= 0.6 is 0 Å². The van der Waals surface area contributed by atoms with Crippen LogP contribution in [0, 0.1) is 0 Å². The molecule has 4 rings (SSSR count). The van der Waals surface area contributed by atoms with Crippen molar-refractivity contribution in [3.05, 3.63) is 65.4 Å². The highest BCUT2D eigenvalue weighted by Gasteiger charge is 2.32. The average Bonchev–Trinajstić information content (AvgIpc) is 3.20. The molecule has 7 nitrogen and oxygen atoms in total. The number of hydrogen-bond donors (Lipinski definition) is 2. The minimum atomic E-state index is -1.39. The van der Waals surface area contributed by atoms with Gasteiger partial charge in [0.1, 0.15) is 5.60 Å². The zero-order valence-corrected chi connectivity index (χ0v) is 17.7. The van der Waals surface area contributed by atoms with E-state index in [9.17, 15) is 14.7 Å². The molecule has 1 aliphatic heterocycles. The summed E-state index contributed by atoms with van der Waals surface area (Å²) in [6.07, 6.45) is 3.92. The molecule has 0 saturated carbocycles. The number of rotatable bonds is 4. The van der Waals surface area contributed by atoms with Gasteiger partial charge in [-0.2, -0.15) is 5.10 Å². The summed E-state index contributed by atoms with van der Waals surface area (Å²) < 4.78 is 0. The number of aromatic nitrogens is 2. The van der Waals surface area contributed by atoms with E-state index in [-0.39, 0.29) is 11.8 Å². The first-order valence-corrected chi connectivity index (χ1v) is 10.4. The Bertz CT molecular complexity index is 1120. The van der Waals surface area contributed by atoms with Crippen LogP contribution in [0.15, 0.2) is 48.5 Å². The van der Waals surface area contributed by atoms with Crippen molar-refractivity contribution >= 4 is 34.9 Å². The molecule has 0 atom stereocenters. The molecule has 2 N–H and O–H groups in total. The van der Waals surface area contributed by atoms with Crippen LogP contribution in [-0.2, 0) is 4.79 Å². The molecule has 0 spiro atoms. The van der Waals surface area contributed by atoms with Gasteiger partial charge in [0.25, 0.3) is 11.8 Å². The van der Waals surface area contributed by atoms with Crippen LogP contribution in [-0.4, -0.2) is 68.7 Å². The molecule has 1 fully saturated rings. The normalized spacial score (nSPS) is 15.1.